The summed E-state index contributed by atoms with van der Waals surface area (Å²) in [5, 5.41) is 3.30. The molecule has 2 heterocycles. The number of amides is 1. The second-order valence-electron chi connectivity index (χ2n) is 5.44. The van der Waals surface area contributed by atoms with Crippen LogP contribution >= 0.6 is 24.8 Å². The summed E-state index contributed by atoms with van der Waals surface area (Å²) >= 11 is 0. The summed E-state index contributed by atoms with van der Waals surface area (Å²) in [6, 6.07) is 0.109. The quantitative estimate of drug-likeness (QED) is 0.852. The molecule has 0 bridgehead atoms. The highest BCUT2D eigenvalue weighted by Gasteiger charge is 2.32. The van der Waals surface area contributed by atoms with E-state index in [1.54, 1.807) is 0 Å². The number of nitrogens with one attached hydrogen (secondary N) is 1. The van der Waals surface area contributed by atoms with Crippen LogP contribution in [0.5, 0.6) is 0 Å². The van der Waals surface area contributed by atoms with Crippen LogP contribution < -0.4 is 5.32 Å². The normalized spacial score (nSPS) is 26.2. The van der Waals surface area contributed by atoms with Crippen molar-refractivity contribution in [1.82, 2.24) is 15.1 Å². The van der Waals surface area contributed by atoms with Gasteiger partial charge in [0.1, 0.15) is 0 Å². The molecule has 4 nitrogen and oxygen atoms in total. The van der Waals surface area contributed by atoms with Crippen LogP contribution in [0.3, 0.4) is 0 Å². The molecule has 0 aliphatic carbocycles. The highest BCUT2D eigenvalue weighted by molar-refractivity contribution is 5.85. The van der Waals surface area contributed by atoms with Crippen molar-refractivity contribution in [3.63, 3.8) is 0 Å². The minimum Gasteiger partial charge on any atom is -0.341 e. The molecular weight excluding hydrogens is 285 g/mol. The first-order chi connectivity index (χ1) is 8.20. The van der Waals surface area contributed by atoms with Crippen LogP contribution in [0.25, 0.3) is 0 Å². The van der Waals surface area contributed by atoms with E-state index in [4.69, 9.17) is 0 Å². The lowest BCUT2D eigenvalue weighted by atomic mass is 10.1. The SMILES string of the molecule is CCN(C)CC1CCN(C(=O)[C@@H]2CCCN2)C1.Cl.Cl. The van der Waals surface area contributed by atoms with Gasteiger partial charge in [0.05, 0.1) is 6.04 Å². The maximum atomic E-state index is 12.2. The summed E-state index contributed by atoms with van der Waals surface area (Å²) in [6.45, 7) is 7.32. The van der Waals surface area contributed by atoms with Crippen LogP contribution in [-0.4, -0.2) is 61.5 Å². The fourth-order valence-corrected chi connectivity index (χ4v) is 2.87. The van der Waals surface area contributed by atoms with E-state index in [9.17, 15) is 4.79 Å². The number of carbonyl (C=O) groups excluding carboxylic acids is 1. The Hall–Kier alpha value is -0.0300. The van der Waals surface area contributed by atoms with Gasteiger partial charge in [-0.25, -0.2) is 0 Å². The Morgan fingerprint density at radius 1 is 1.37 bits per heavy atom. The summed E-state index contributed by atoms with van der Waals surface area (Å²) in [5.41, 5.74) is 0. The van der Waals surface area contributed by atoms with Crippen molar-refractivity contribution >= 4 is 30.7 Å². The molecule has 19 heavy (non-hydrogen) atoms. The minimum absolute atomic E-state index is 0. The van der Waals surface area contributed by atoms with Gasteiger partial charge in [-0.2, -0.15) is 0 Å². The van der Waals surface area contributed by atoms with Crippen LogP contribution in [0.4, 0.5) is 0 Å². The van der Waals surface area contributed by atoms with E-state index in [1.807, 2.05) is 0 Å². The Morgan fingerprint density at radius 3 is 2.68 bits per heavy atom. The second-order valence-corrected chi connectivity index (χ2v) is 5.44. The molecular formula is C13H27Cl2N3O. The molecule has 1 amide bonds. The van der Waals surface area contributed by atoms with Gasteiger partial charge in [0.25, 0.3) is 0 Å². The number of carbonyl (C=O) groups is 1. The van der Waals surface area contributed by atoms with Crippen molar-refractivity contribution in [3.05, 3.63) is 0 Å². The highest BCUT2D eigenvalue weighted by atomic mass is 35.5. The van der Waals surface area contributed by atoms with Gasteiger partial charge < -0.3 is 15.1 Å². The second kappa shape index (κ2) is 9.01. The van der Waals surface area contributed by atoms with Gasteiger partial charge in [0.15, 0.2) is 0 Å². The van der Waals surface area contributed by atoms with E-state index in [1.165, 1.54) is 6.42 Å². The fourth-order valence-electron chi connectivity index (χ4n) is 2.87. The van der Waals surface area contributed by atoms with Gasteiger partial charge in [0, 0.05) is 19.6 Å². The minimum atomic E-state index is 0. The van der Waals surface area contributed by atoms with Crippen molar-refractivity contribution in [2.75, 3.05) is 39.8 Å². The molecule has 0 radical (unpaired) electrons. The lowest BCUT2D eigenvalue weighted by Crippen LogP contribution is -2.42. The van der Waals surface area contributed by atoms with Gasteiger partial charge >= 0.3 is 0 Å². The largest absolute Gasteiger partial charge is 0.341 e. The number of nitrogens with zero attached hydrogens (tertiary/aromatic N) is 2. The van der Waals surface area contributed by atoms with Crippen LogP contribution in [0, 0.1) is 5.92 Å². The van der Waals surface area contributed by atoms with Gasteiger partial charge in [-0.1, -0.05) is 6.92 Å². The van der Waals surface area contributed by atoms with Crippen molar-refractivity contribution in [2.24, 2.45) is 5.92 Å². The van der Waals surface area contributed by atoms with Crippen LogP contribution in [0.2, 0.25) is 0 Å². The van der Waals surface area contributed by atoms with E-state index < -0.39 is 0 Å². The zero-order valence-corrected chi connectivity index (χ0v) is 13.6. The molecule has 0 aromatic rings. The first-order valence-corrected chi connectivity index (χ1v) is 6.91. The molecule has 1 N–H and O–H groups in total. The molecule has 0 aromatic carbocycles. The molecule has 6 heteroatoms. The molecule has 2 aliphatic rings. The van der Waals surface area contributed by atoms with Crippen molar-refractivity contribution in [3.8, 4) is 0 Å². The lowest BCUT2D eigenvalue weighted by molar-refractivity contribution is -0.132. The third-order valence-corrected chi connectivity index (χ3v) is 4.07. The Morgan fingerprint density at radius 2 is 2.11 bits per heavy atom. The van der Waals surface area contributed by atoms with Crippen molar-refractivity contribution < 1.29 is 4.79 Å². The standard InChI is InChI=1S/C13H25N3O.2ClH/c1-3-15(2)9-11-6-8-16(10-11)13(17)12-5-4-7-14-12;;/h11-12,14H,3-10H2,1-2H3;2*1H/t11?,12-;;/m0../s1. The summed E-state index contributed by atoms with van der Waals surface area (Å²) < 4.78 is 0. The van der Waals surface area contributed by atoms with E-state index in [-0.39, 0.29) is 30.9 Å². The average molecular weight is 312 g/mol. The molecule has 2 saturated heterocycles. The Labute approximate surface area is 129 Å². The predicted molar refractivity (Wildman–Crippen MR) is 83.4 cm³/mol. The van der Waals surface area contributed by atoms with Gasteiger partial charge in [-0.3, -0.25) is 4.79 Å². The Bertz CT molecular complexity index is 273. The molecule has 1 unspecified atom stereocenters. The molecule has 2 atom stereocenters. The van der Waals surface area contributed by atoms with E-state index in [0.717, 1.165) is 45.6 Å². The van der Waals surface area contributed by atoms with Gasteiger partial charge in [-0.15, -0.1) is 24.8 Å². The van der Waals surface area contributed by atoms with Crippen molar-refractivity contribution in [2.45, 2.75) is 32.2 Å². The first-order valence-electron chi connectivity index (χ1n) is 6.91. The highest BCUT2D eigenvalue weighted by Crippen LogP contribution is 2.19. The van der Waals surface area contributed by atoms with E-state index in [2.05, 4.69) is 29.1 Å². The Balaban J connectivity index is 0.00000162. The molecule has 2 rings (SSSR count). The molecule has 0 spiro atoms. The average Bonchev–Trinajstić information content (AvgIpc) is 2.98. The number of halogens is 2. The monoisotopic (exact) mass is 311 g/mol. The van der Waals surface area contributed by atoms with Crippen molar-refractivity contribution in [1.29, 1.82) is 0 Å². The van der Waals surface area contributed by atoms with Gasteiger partial charge in [0.2, 0.25) is 5.91 Å². The first kappa shape index (κ1) is 19.0. The zero-order chi connectivity index (χ0) is 12.3. The topological polar surface area (TPSA) is 35.6 Å². The lowest BCUT2D eigenvalue weighted by Gasteiger charge is -2.22. The van der Waals surface area contributed by atoms with Crippen LogP contribution in [0.1, 0.15) is 26.2 Å². The van der Waals surface area contributed by atoms with Crippen LogP contribution in [0.15, 0.2) is 0 Å². The summed E-state index contributed by atoms with van der Waals surface area (Å²) in [7, 11) is 2.16. The third kappa shape index (κ3) is 5.10. The smallest absolute Gasteiger partial charge is 0.239 e. The maximum absolute atomic E-state index is 12.2. The Kier molecular flexibility index (Phi) is 8.99. The number of hydrogen-bond acceptors (Lipinski definition) is 3. The molecule has 114 valence electrons. The number of hydrogen-bond donors (Lipinski definition) is 1. The number of rotatable bonds is 4. The maximum Gasteiger partial charge on any atom is 0.239 e. The van der Waals surface area contributed by atoms with Gasteiger partial charge in [-0.05, 0) is 45.3 Å². The molecule has 0 aromatic heterocycles. The summed E-state index contributed by atoms with van der Waals surface area (Å²) in [6.07, 6.45) is 3.34. The summed E-state index contributed by atoms with van der Waals surface area (Å²) in [4.78, 5) is 16.6. The predicted octanol–water partition coefficient (Wildman–Crippen LogP) is 1.38. The zero-order valence-electron chi connectivity index (χ0n) is 11.9. The fraction of sp³-hybridized carbons (Fsp3) is 0.923. The summed E-state index contributed by atoms with van der Waals surface area (Å²) in [5.74, 6) is 1.01. The number of likely N-dealkylation sites (tertiary alicyclic amines) is 1. The molecule has 0 saturated carbocycles. The van der Waals surface area contributed by atoms with E-state index in [0.29, 0.717) is 11.8 Å². The van der Waals surface area contributed by atoms with E-state index >= 15 is 0 Å². The van der Waals surface area contributed by atoms with Crippen LogP contribution in [-0.2, 0) is 4.79 Å². The molecule has 2 fully saturated rings. The molecule has 2 aliphatic heterocycles. The third-order valence-electron chi connectivity index (χ3n) is 4.07.